The minimum absolute atomic E-state index is 0.0964. The van der Waals surface area contributed by atoms with Gasteiger partial charge in [-0.1, -0.05) is 0 Å². The number of hydrogen-bond acceptors (Lipinski definition) is 5. The summed E-state index contributed by atoms with van der Waals surface area (Å²) in [6, 6.07) is 0. The molecule has 0 aromatic carbocycles. The molecule has 0 N–H and O–H groups in total. The van der Waals surface area contributed by atoms with Gasteiger partial charge >= 0.3 is 0 Å². The topological polar surface area (TPSA) is 46.2 Å². The number of hydrogen-bond donors (Lipinski definition) is 0. The predicted octanol–water partition coefficient (Wildman–Crippen LogP) is 5.24. The number of ether oxygens (including phenoxy) is 1. The summed E-state index contributed by atoms with van der Waals surface area (Å²) < 4.78 is 32.7. The van der Waals surface area contributed by atoms with Crippen molar-refractivity contribution in [2.45, 2.75) is 116 Å². The van der Waals surface area contributed by atoms with E-state index in [1.54, 1.807) is 0 Å². The molecule has 1 aliphatic rings. The van der Waals surface area contributed by atoms with Crippen LogP contribution in [-0.4, -0.2) is 64.0 Å². The second-order valence-corrected chi connectivity index (χ2v) is 29.4. The van der Waals surface area contributed by atoms with E-state index in [4.69, 9.17) is 22.4 Å². The summed E-state index contributed by atoms with van der Waals surface area (Å²) in [4.78, 5) is 0. The molecule has 5 nitrogen and oxygen atoms in total. The van der Waals surface area contributed by atoms with Gasteiger partial charge < -0.3 is 22.4 Å². The molecule has 162 valence electrons. The zero-order chi connectivity index (χ0) is 21.4. The van der Waals surface area contributed by atoms with Gasteiger partial charge in [0, 0.05) is 0 Å². The van der Waals surface area contributed by atoms with Crippen LogP contribution in [0.15, 0.2) is 0 Å². The standard InChI is InChI=1S/C18H44O5Si4/c1-14-15(20-24(2,3)4)16(21-25(5,6)7)17(22-26(8,9)10)18(19-14)23-27(11,12)13/h14-18H,1-13H3/t14-,15-,16+,17+,18-/m0/s1. The highest BCUT2D eigenvalue weighted by atomic mass is 28.4. The van der Waals surface area contributed by atoms with E-state index in [-0.39, 0.29) is 24.4 Å². The van der Waals surface area contributed by atoms with E-state index in [1.807, 2.05) is 0 Å². The van der Waals surface area contributed by atoms with Gasteiger partial charge in [0.05, 0.1) is 12.2 Å². The molecule has 0 bridgehead atoms. The second kappa shape index (κ2) is 8.81. The Morgan fingerprint density at radius 1 is 0.481 bits per heavy atom. The SMILES string of the molecule is C[C@@H]1O[C@@H](O[Si](C)(C)C)[C@H](O[Si](C)(C)C)[C@H](O[Si](C)(C)C)[C@H]1O[Si](C)(C)C. The molecule has 1 saturated heterocycles. The van der Waals surface area contributed by atoms with Gasteiger partial charge in [0.2, 0.25) is 0 Å². The maximum Gasteiger partial charge on any atom is 0.187 e. The van der Waals surface area contributed by atoms with Crippen LogP contribution < -0.4 is 0 Å². The van der Waals surface area contributed by atoms with Crippen LogP contribution in [0.4, 0.5) is 0 Å². The Bertz CT molecular complexity index is 476. The van der Waals surface area contributed by atoms with Crippen molar-refractivity contribution in [2.24, 2.45) is 0 Å². The Labute approximate surface area is 172 Å². The Balaban J connectivity index is 3.32. The summed E-state index contributed by atoms with van der Waals surface area (Å²) in [5.41, 5.74) is 0. The Hall–Kier alpha value is 0.668. The van der Waals surface area contributed by atoms with E-state index < -0.39 is 39.6 Å². The smallest absolute Gasteiger partial charge is 0.187 e. The maximum absolute atomic E-state index is 6.70. The molecule has 0 unspecified atom stereocenters. The average Bonchev–Trinajstić information content (AvgIpc) is 2.32. The first-order valence-electron chi connectivity index (χ1n) is 10.1. The third-order valence-electron chi connectivity index (χ3n) is 3.67. The number of rotatable bonds is 8. The Morgan fingerprint density at radius 2 is 0.815 bits per heavy atom. The van der Waals surface area contributed by atoms with Crippen LogP contribution in [0.5, 0.6) is 0 Å². The van der Waals surface area contributed by atoms with E-state index >= 15 is 0 Å². The van der Waals surface area contributed by atoms with Crippen molar-refractivity contribution in [3.63, 3.8) is 0 Å². The molecule has 5 atom stereocenters. The monoisotopic (exact) mass is 452 g/mol. The average molecular weight is 453 g/mol. The predicted molar refractivity (Wildman–Crippen MR) is 123 cm³/mol. The van der Waals surface area contributed by atoms with Crippen molar-refractivity contribution in [2.75, 3.05) is 0 Å². The van der Waals surface area contributed by atoms with Crippen molar-refractivity contribution in [3.05, 3.63) is 0 Å². The molecule has 1 aliphatic heterocycles. The third kappa shape index (κ3) is 9.81. The lowest BCUT2D eigenvalue weighted by Gasteiger charge is -2.51. The maximum atomic E-state index is 6.70. The molecule has 1 rings (SSSR count). The first-order valence-corrected chi connectivity index (χ1v) is 23.8. The molecular weight excluding hydrogens is 409 g/mol. The summed E-state index contributed by atoms with van der Waals surface area (Å²) in [7, 11) is -7.26. The summed E-state index contributed by atoms with van der Waals surface area (Å²) in [5.74, 6) is 0. The Kier molecular flexibility index (Phi) is 8.38. The van der Waals surface area contributed by atoms with Gasteiger partial charge in [-0.15, -0.1) is 0 Å². The lowest BCUT2D eigenvalue weighted by atomic mass is 10.0. The minimum Gasteiger partial charge on any atom is -0.409 e. The molecule has 0 spiro atoms. The molecule has 0 aliphatic carbocycles. The first-order chi connectivity index (χ1) is 11.8. The summed E-state index contributed by atoms with van der Waals surface area (Å²) in [5, 5.41) is 0. The van der Waals surface area contributed by atoms with Crippen molar-refractivity contribution in [1.82, 2.24) is 0 Å². The highest BCUT2D eigenvalue weighted by Crippen LogP contribution is 2.34. The zero-order valence-electron chi connectivity index (χ0n) is 19.9. The van der Waals surface area contributed by atoms with Gasteiger partial charge in [-0.2, -0.15) is 0 Å². The Morgan fingerprint density at radius 3 is 1.19 bits per heavy atom. The minimum atomic E-state index is -1.84. The molecule has 1 fully saturated rings. The van der Waals surface area contributed by atoms with E-state index in [2.05, 4.69) is 85.5 Å². The van der Waals surface area contributed by atoms with Crippen molar-refractivity contribution < 1.29 is 22.4 Å². The molecule has 27 heavy (non-hydrogen) atoms. The van der Waals surface area contributed by atoms with Gasteiger partial charge in [0.15, 0.2) is 39.6 Å². The fraction of sp³-hybridized carbons (Fsp3) is 1.00. The quantitative estimate of drug-likeness (QED) is 0.471. The summed E-state index contributed by atoms with van der Waals surface area (Å²) >= 11 is 0. The zero-order valence-corrected chi connectivity index (χ0v) is 23.9. The lowest BCUT2D eigenvalue weighted by molar-refractivity contribution is -0.259. The molecular formula is C18H44O5Si4. The van der Waals surface area contributed by atoms with E-state index in [9.17, 15) is 0 Å². The van der Waals surface area contributed by atoms with Crippen LogP contribution in [0.25, 0.3) is 0 Å². The molecule has 0 aromatic rings. The van der Waals surface area contributed by atoms with Gasteiger partial charge in [0.1, 0.15) is 12.2 Å². The van der Waals surface area contributed by atoms with Gasteiger partial charge in [-0.25, -0.2) is 0 Å². The summed E-state index contributed by atoms with van der Waals surface area (Å²) in [6.45, 7) is 28.6. The van der Waals surface area contributed by atoms with Crippen LogP contribution in [0.3, 0.4) is 0 Å². The normalized spacial score (nSPS) is 31.2. The van der Waals surface area contributed by atoms with E-state index in [0.29, 0.717) is 0 Å². The second-order valence-electron chi connectivity index (χ2n) is 11.5. The van der Waals surface area contributed by atoms with Crippen LogP contribution in [-0.2, 0) is 22.4 Å². The summed E-state index contributed by atoms with van der Waals surface area (Å²) in [6.07, 6.45) is -1.05. The first kappa shape index (κ1) is 25.7. The van der Waals surface area contributed by atoms with E-state index in [0.717, 1.165) is 0 Å². The molecule has 9 heteroatoms. The molecule has 0 saturated carbocycles. The fourth-order valence-corrected chi connectivity index (χ4v) is 7.24. The van der Waals surface area contributed by atoms with Crippen molar-refractivity contribution >= 4 is 33.3 Å². The highest BCUT2D eigenvalue weighted by Gasteiger charge is 2.51. The van der Waals surface area contributed by atoms with Gasteiger partial charge in [0.25, 0.3) is 0 Å². The van der Waals surface area contributed by atoms with Gasteiger partial charge in [-0.3, -0.25) is 0 Å². The molecule has 0 aromatic heterocycles. The molecule has 1 heterocycles. The van der Waals surface area contributed by atoms with Crippen LogP contribution >= 0.6 is 0 Å². The fourth-order valence-electron chi connectivity index (χ4n) is 3.06. The van der Waals surface area contributed by atoms with E-state index in [1.165, 1.54) is 0 Å². The van der Waals surface area contributed by atoms with Crippen molar-refractivity contribution in [3.8, 4) is 0 Å². The largest absolute Gasteiger partial charge is 0.409 e. The van der Waals surface area contributed by atoms with Gasteiger partial charge in [-0.05, 0) is 85.5 Å². The van der Waals surface area contributed by atoms with Crippen LogP contribution in [0, 0.1) is 0 Å². The molecule has 0 radical (unpaired) electrons. The van der Waals surface area contributed by atoms with Crippen LogP contribution in [0.2, 0.25) is 78.6 Å². The lowest BCUT2D eigenvalue weighted by Crippen LogP contribution is -2.65. The van der Waals surface area contributed by atoms with Crippen molar-refractivity contribution in [1.29, 1.82) is 0 Å². The van der Waals surface area contributed by atoms with Crippen LogP contribution in [0.1, 0.15) is 6.92 Å². The third-order valence-corrected chi connectivity index (χ3v) is 7.54. The highest BCUT2D eigenvalue weighted by molar-refractivity contribution is 6.71. The molecule has 0 amide bonds.